The fourth-order valence-electron chi connectivity index (χ4n) is 2.80. The van der Waals surface area contributed by atoms with Crippen molar-refractivity contribution in [3.8, 4) is 5.69 Å². The van der Waals surface area contributed by atoms with Crippen LogP contribution in [-0.4, -0.2) is 31.0 Å². The first-order chi connectivity index (χ1) is 12.9. The quantitative estimate of drug-likeness (QED) is 0.625. The Bertz CT molecular complexity index is 928. The second-order valence-electron chi connectivity index (χ2n) is 7.00. The summed E-state index contributed by atoms with van der Waals surface area (Å²) < 4.78 is 3.85. The minimum atomic E-state index is -0.0685. The van der Waals surface area contributed by atoms with Crippen molar-refractivity contribution in [2.24, 2.45) is 5.92 Å². The lowest BCUT2D eigenvalue weighted by Crippen LogP contribution is -2.19. The van der Waals surface area contributed by atoms with Gasteiger partial charge in [-0.15, -0.1) is 0 Å². The van der Waals surface area contributed by atoms with Gasteiger partial charge >= 0.3 is 0 Å². The predicted octanol–water partition coefficient (Wildman–Crippen LogP) is 4.07. The normalized spacial score (nSPS) is 11.1. The Morgan fingerprint density at radius 3 is 2.81 bits per heavy atom. The number of carbonyl (C=O) groups is 1. The van der Waals surface area contributed by atoms with Gasteiger partial charge in [-0.3, -0.25) is 9.36 Å². The van der Waals surface area contributed by atoms with E-state index in [2.05, 4.69) is 61.3 Å². The molecule has 0 saturated carbocycles. The Balaban J connectivity index is 1.66. The highest BCUT2D eigenvalue weighted by atomic mass is 32.2. The molecule has 0 aliphatic carbocycles. The summed E-state index contributed by atoms with van der Waals surface area (Å²) in [6, 6.07) is 8.14. The van der Waals surface area contributed by atoms with E-state index in [-0.39, 0.29) is 11.7 Å². The fraction of sp³-hybridized carbons (Fsp3) is 0.350. The molecule has 0 spiro atoms. The number of aromatic nitrogens is 4. The van der Waals surface area contributed by atoms with Crippen molar-refractivity contribution in [1.29, 1.82) is 0 Å². The number of thioether (sulfide) groups is 1. The van der Waals surface area contributed by atoms with Gasteiger partial charge in [0.25, 0.3) is 0 Å². The van der Waals surface area contributed by atoms with Crippen molar-refractivity contribution in [3.05, 3.63) is 54.0 Å². The number of aryl methyl sites for hydroxylation is 2. The molecule has 1 N–H and O–H groups in total. The molecule has 27 heavy (non-hydrogen) atoms. The summed E-state index contributed by atoms with van der Waals surface area (Å²) in [6.45, 7) is 9.16. The first kappa shape index (κ1) is 19.2. The van der Waals surface area contributed by atoms with Crippen LogP contribution in [0.4, 0.5) is 5.82 Å². The van der Waals surface area contributed by atoms with Gasteiger partial charge in [0.05, 0.1) is 17.6 Å². The Kier molecular flexibility index (Phi) is 6.01. The zero-order valence-electron chi connectivity index (χ0n) is 16.1. The number of imidazole rings is 1. The van der Waals surface area contributed by atoms with Crippen LogP contribution in [0.1, 0.15) is 25.0 Å². The topological polar surface area (TPSA) is 64.7 Å². The first-order valence-electron chi connectivity index (χ1n) is 8.99. The maximum absolute atomic E-state index is 12.4. The van der Waals surface area contributed by atoms with Crippen LogP contribution in [0.2, 0.25) is 0 Å². The Hall–Kier alpha value is -2.54. The zero-order chi connectivity index (χ0) is 19.4. The summed E-state index contributed by atoms with van der Waals surface area (Å²) in [7, 11) is 0. The maximum Gasteiger partial charge on any atom is 0.235 e. The van der Waals surface area contributed by atoms with E-state index in [9.17, 15) is 4.79 Å². The smallest absolute Gasteiger partial charge is 0.235 e. The zero-order valence-corrected chi connectivity index (χ0v) is 17.0. The predicted molar refractivity (Wildman–Crippen MR) is 109 cm³/mol. The summed E-state index contributed by atoms with van der Waals surface area (Å²) in [5, 5.41) is 8.01. The van der Waals surface area contributed by atoms with E-state index >= 15 is 0 Å². The van der Waals surface area contributed by atoms with Gasteiger partial charge in [-0.25, -0.2) is 9.67 Å². The van der Waals surface area contributed by atoms with Gasteiger partial charge in [0, 0.05) is 25.0 Å². The molecule has 0 saturated heterocycles. The highest BCUT2D eigenvalue weighted by molar-refractivity contribution is 7.99. The standard InChI is InChI=1S/C20H25N5OS/c1-14(2)12-25-18(7-8-22-25)23-19(26)13-27-20-21-9-10-24(20)17-11-15(3)5-6-16(17)4/h5-11,14H,12-13H2,1-4H3,(H,23,26). The fourth-order valence-corrected chi connectivity index (χ4v) is 3.56. The van der Waals surface area contributed by atoms with E-state index in [0.717, 1.165) is 23.2 Å². The SMILES string of the molecule is Cc1ccc(C)c(-n2ccnc2SCC(=O)Nc2ccnn2CC(C)C)c1. The number of benzene rings is 1. The van der Waals surface area contributed by atoms with Gasteiger partial charge in [0.15, 0.2) is 5.16 Å². The van der Waals surface area contributed by atoms with Gasteiger partial charge in [0.1, 0.15) is 5.82 Å². The highest BCUT2D eigenvalue weighted by Gasteiger charge is 2.13. The molecule has 0 unspecified atom stereocenters. The third-order valence-corrected chi connectivity index (χ3v) is 5.05. The largest absolute Gasteiger partial charge is 0.310 e. The summed E-state index contributed by atoms with van der Waals surface area (Å²) in [6.07, 6.45) is 5.40. The Labute approximate surface area is 164 Å². The molecule has 7 heteroatoms. The molecule has 0 atom stereocenters. The maximum atomic E-state index is 12.4. The molecule has 0 aliphatic heterocycles. The molecule has 0 radical (unpaired) electrons. The van der Waals surface area contributed by atoms with Crippen molar-refractivity contribution in [2.75, 3.05) is 11.1 Å². The van der Waals surface area contributed by atoms with Gasteiger partial charge in [-0.05, 0) is 37.0 Å². The van der Waals surface area contributed by atoms with Crippen molar-refractivity contribution in [3.63, 3.8) is 0 Å². The van der Waals surface area contributed by atoms with Crippen LogP contribution in [0.5, 0.6) is 0 Å². The molecular weight excluding hydrogens is 358 g/mol. The Morgan fingerprint density at radius 1 is 1.22 bits per heavy atom. The summed E-state index contributed by atoms with van der Waals surface area (Å²) in [5.74, 6) is 1.41. The summed E-state index contributed by atoms with van der Waals surface area (Å²) in [5.41, 5.74) is 3.45. The third kappa shape index (κ3) is 4.80. The molecule has 2 aromatic heterocycles. The lowest BCUT2D eigenvalue weighted by Gasteiger charge is -2.12. The number of amides is 1. The number of hydrogen-bond acceptors (Lipinski definition) is 4. The van der Waals surface area contributed by atoms with E-state index < -0.39 is 0 Å². The first-order valence-corrected chi connectivity index (χ1v) is 9.98. The molecule has 1 aromatic carbocycles. The number of hydrogen-bond donors (Lipinski definition) is 1. The van der Waals surface area contributed by atoms with Crippen LogP contribution in [0.25, 0.3) is 5.69 Å². The summed E-state index contributed by atoms with van der Waals surface area (Å²) >= 11 is 1.42. The van der Waals surface area contributed by atoms with Gasteiger partial charge in [0.2, 0.25) is 5.91 Å². The summed E-state index contributed by atoms with van der Waals surface area (Å²) in [4.78, 5) is 16.8. The molecule has 0 bridgehead atoms. The number of nitrogens with zero attached hydrogens (tertiary/aromatic N) is 4. The van der Waals surface area contributed by atoms with Crippen LogP contribution in [-0.2, 0) is 11.3 Å². The lowest BCUT2D eigenvalue weighted by molar-refractivity contribution is -0.113. The van der Waals surface area contributed by atoms with Crippen molar-refractivity contribution < 1.29 is 4.79 Å². The minimum absolute atomic E-state index is 0.0685. The second kappa shape index (κ2) is 8.43. The van der Waals surface area contributed by atoms with Crippen molar-refractivity contribution >= 4 is 23.5 Å². The average molecular weight is 384 g/mol. The molecule has 3 rings (SSSR count). The van der Waals surface area contributed by atoms with E-state index in [4.69, 9.17) is 0 Å². The molecular formula is C20H25N5OS. The molecule has 0 aliphatic rings. The van der Waals surface area contributed by atoms with Crippen LogP contribution in [0.15, 0.2) is 48.0 Å². The number of nitrogens with one attached hydrogen (secondary N) is 1. The molecule has 1 amide bonds. The van der Waals surface area contributed by atoms with Crippen molar-refractivity contribution in [1.82, 2.24) is 19.3 Å². The molecule has 6 nitrogen and oxygen atoms in total. The number of anilines is 1. The molecule has 3 aromatic rings. The highest BCUT2D eigenvalue weighted by Crippen LogP contribution is 2.23. The molecule has 0 fully saturated rings. The Morgan fingerprint density at radius 2 is 2.04 bits per heavy atom. The van der Waals surface area contributed by atoms with E-state index in [0.29, 0.717) is 5.92 Å². The van der Waals surface area contributed by atoms with Crippen LogP contribution in [0, 0.1) is 19.8 Å². The van der Waals surface area contributed by atoms with Crippen LogP contribution < -0.4 is 5.32 Å². The second-order valence-corrected chi connectivity index (χ2v) is 7.94. The average Bonchev–Trinajstić information content (AvgIpc) is 3.24. The van der Waals surface area contributed by atoms with Gasteiger partial charge in [-0.2, -0.15) is 5.10 Å². The van der Waals surface area contributed by atoms with Gasteiger partial charge in [-0.1, -0.05) is 37.7 Å². The van der Waals surface area contributed by atoms with E-state index in [1.807, 2.05) is 21.5 Å². The van der Waals surface area contributed by atoms with E-state index in [1.54, 1.807) is 12.4 Å². The lowest BCUT2D eigenvalue weighted by atomic mass is 10.1. The molecule has 142 valence electrons. The number of rotatable bonds is 7. The van der Waals surface area contributed by atoms with Crippen LogP contribution in [0.3, 0.4) is 0 Å². The van der Waals surface area contributed by atoms with Gasteiger partial charge < -0.3 is 5.32 Å². The molecule has 2 heterocycles. The minimum Gasteiger partial charge on any atom is -0.310 e. The van der Waals surface area contributed by atoms with Crippen LogP contribution >= 0.6 is 11.8 Å². The number of carbonyl (C=O) groups excluding carboxylic acids is 1. The third-order valence-electron chi connectivity index (χ3n) is 4.09. The van der Waals surface area contributed by atoms with Crippen molar-refractivity contribution in [2.45, 2.75) is 39.4 Å². The monoisotopic (exact) mass is 383 g/mol. The van der Waals surface area contributed by atoms with E-state index in [1.165, 1.54) is 22.9 Å².